The number of hydrogen-bond acceptors (Lipinski definition) is 5. The first kappa shape index (κ1) is 17.4. The molecule has 0 atom stereocenters. The Labute approximate surface area is 160 Å². The number of fused-ring (bicyclic) bond motifs is 1. The molecule has 0 spiro atoms. The average molecular weight is 385 g/mol. The molecule has 3 aromatic rings. The van der Waals surface area contributed by atoms with Gasteiger partial charge in [0.05, 0.1) is 10.6 Å². The van der Waals surface area contributed by atoms with Crippen molar-refractivity contribution in [3.05, 3.63) is 65.3 Å². The van der Waals surface area contributed by atoms with E-state index in [2.05, 4.69) is 15.3 Å². The lowest BCUT2D eigenvalue weighted by Crippen LogP contribution is -2.26. The van der Waals surface area contributed by atoms with Crippen molar-refractivity contribution in [3.63, 3.8) is 0 Å². The minimum absolute atomic E-state index is 0.177. The molecule has 3 heterocycles. The van der Waals surface area contributed by atoms with E-state index in [1.165, 1.54) is 0 Å². The third kappa shape index (κ3) is 3.88. The summed E-state index contributed by atoms with van der Waals surface area (Å²) in [5.74, 6) is 1.76. The van der Waals surface area contributed by atoms with Crippen molar-refractivity contribution in [1.82, 2.24) is 19.9 Å². The Kier molecular flexibility index (Phi) is 4.93. The van der Waals surface area contributed by atoms with Gasteiger partial charge < -0.3 is 14.8 Å². The van der Waals surface area contributed by atoms with Crippen LogP contribution in [0.4, 0.5) is 0 Å². The molecule has 0 saturated heterocycles. The minimum Gasteiger partial charge on any atom is -0.486 e. The van der Waals surface area contributed by atoms with E-state index in [1.807, 2.05) is 12.1 Å². The van der Waals surface area contributed by atoms with Gasteiger partial charge in [0, 0.05) is 25.1 Å². The number of rotatable bonds is 5. The average Bonchev–Trinajstić information content (AvgIpc) is 3.23. The molecule has 0 aliphatic carbocycles. The number of ether oxygens (including phenoxy) is 2. The third-order valence-electron chi connectivity index (χ3n) is 4.13. The molecule has 4 rings (SSSR count). The maximum absolute atomic E-state index is 12.3. The van der Waals surface area contributed by atoms with Crippen molar-refractivity contribution >= 4 is 17.5 Å². The van der Waals surface area contributed by atoms with Gasteiger partial charge in [-0.15, -0.1) is 0 Å². The first-order valence-electron chi connectivity index (χ1n) is 8.51. The van der Waals surface area contributed by atoms with Crippen LogP contribution in [0.25, 0.3) is 5.82 Å². The summed E-state index contributed by atoms with van der Waals surface area (Å²) in [6.07, 6.45) is 7.29. The number of pyridine rings is 1. The van der Waals surface area contributed by atoms with Gasteiger partial charge in [0.25, 0.3) is 5.91 Å². The fraction of sp³-hybridized carbons (Fsp3) is 0.211. The SMILES string of the molecule is O=C(NCCc1cc(Cl)c2c(c1)OCCO2)c1ccc(-n2ccnc2)nc1. The van der Waals surface area contributed by atoms with Gasteiger partial charge in [-0.3, -0.25) is 9.36 Å². The molecule has 1 aliphatic rings. The molecular formula is C19H17ClN4O3. The van der Waals surface area contributed by atoms with Crippen molar-refractivity contribution < 1.29 is 14.3 Å². The van der Waals surface area contributed by atoms with E-state index in [9.17, 15) is 4.79 Å². The van der Waals surface area contributed by atoms with Crippen LogP contribution < -0.4 is 14.8 Å². The highest BCUT2D eigenvalue weighted by molar-refractivity contribution is 6.32. The molecule has 7 nitrogen and oxygen atoms in total. The van der Waals surface area contributed by atoms with Gasteiger partial charge in [-0.05, 0) is 36.2 Å². The van der Waals surface area contributed by atoms with Gasteiger partial charge in [-0.25, -0.2) is 9.97 Å². The zero-order valence-electron chi connectivity index (χ0n) is 14.4. The Bertz CT molecular complexity index is 942. The summed E-state index contributed by atoms with van der Waals surface area (Å²) in [6, 6.07) is 7.24. The molecule has 0 unspecified atom stereocenters. The Morgan fingerprint density at radius 2 is 2.15 bits per heavy atom. The predicted molar refractivity (Wildman–Crippen MR) is 99.8 cm³/mol. The van der Waals surface area contributed by atoms with Crippen LogP contribution in [0.1, 0.15) is 15.9 Å². The normalized spacial score (nSPS) is 12.6. The van der Waals surface area contributed by atoms with Crippen molar-refractivity contribution in [2.24, 2.45) is 0 Å². The monoisotopic (exact) mass is 384 g/mol. The van der Waals surface area contributed by atoms with Crippen LogP contribution in [0.2, 0.25) is 5.02 Å². The highest BCUT2D eigenvalue weighted by Gasteiger charge is 2.16. The van der Waals surface area contributed by atoms with E-state index in [0.29, 0.717) is 54.1 Å². The number of aromatic nitrogens is 3. The predicted octanol–water partition coefficient (Wildman–Crippen LogP) is 2.66. The molecule has 27 heavy (non-hydrogen) atoms. The molecule has 1 aromatic carbocycles. The lowest BCUT2D eigenvalue weighted by atomic mass is 10.1. The fourth-order valence-corrected chi connectivity index (χ4v) is 3.09. The molecule has 2 aromatic heterocycles. The van der Waals surface area contributed by atoms with Gasteiger partial charge in [-0.2, -0.15) is 0 Å². The Hall–Kier alpha value is -3.06. The van der Waals surface area contributed by atoms with E-state index >= 15 is 0 Å². The second-order valence-corrected chi connectivity index (χ2v) is 6.39. The van der Waals surface area contributed by atoms with E-state index in [-0.39, 0.29) is 5.91 Å². The smallest absolute Gasteiger partial charge is 0.252 e. The second-order valence-electron chi connectivity index (χ2n) is 5.98. The standard InChI is InChI=1S/C19H17ClN4O3/c20-15-9-13(10-16-18(15)27-8-7-26-16)3-4-22-19(25)14-1-2-17(23-11-14)24-6-5-21-12-24/h1-2,5-6,9-12H,3-4,7-8H2,(H,22,25). The summed E-state index contributed by atoms with van der Waals surface area (Å²) in [6.45, 7) is 1.47. The molecule has 1 N–H and O–H groups in total. The number of carbonyl (C=O) groups is 1. The molecule has 0 radical (unpaired) electrons. The summed E-state index contributed by atoms with van der Waals surface area (Å²) in [5, 5.41) is 3.41. The molecule has 8 heteroatoms. The minimum atomic E-state index is -0.177. The van der Waals surface area contributed by atoms with E-state index < -0.39 is 0 Å². The first-order valence-corrected chi connectivity index (χ1v) is 8.89. The summed E-state index contributed by atoms with van der Waals surface area (Å²) in [7, 11) is 0. The Morgan fingerprint density at radius 3 is 2.93 bits per heavy atom. The topological polar surface area (TPSA) is 78.3 Å². The van der Waals surface area contributed by atoms with E-state index in [0.717, 1.165) is 5.56 Å². The zero-order chi connectivity index (χ0) is 18.6. The number of benzene rings is 1. The summed E-state index contributed by atoms with van der Waals surface area (Å²) < 4.78 is 12.9. The fourth-order valence-electron chi connectivity index (χ4n) is 2.80. The highest BCUT2D eigenvalue weighted by atomic mass is 35.5. The number of nitrogens with one attached hydrogen (secondary N) is 1. The number of amides is 1. The molecule has 0 bridgehead atoms. The molecule has 1 amide bonds. The van der Waals surface area contributed by atoms with Gasteiger partial charge in [0.2, 0.25) is 0 Å². The second kappa shape index (κ2) is 7.67. The van der Waals surface area contributed by atoms with Crippen LogP contribution in [0.3, 0.4) is 0 Å². The quantitative estimate of drug-likeness (QED) is 0.731. The lowest BCUT2D eigenvalue weighted by Gasteiger charge is -2.20. The maximum atomic E-state index is 12.3. The molecule has 138 valence electrons. The van der Waals surface area contributed by atoms with Crippen LogP contribution in [0, 0.1) is 0 Å². The summed E-state index contributed by atoms with van der Waals surface area (Å²) in [5.41, 5.74) is 1.47. The maximum Gasteiger partial charge on any atom is 0.252 e. The number of carbonyl (C=O) groups excluding carboxylic acids is 1. The van der Waals surface area contributed by atoms with Gasteiger partial charge >= 0.3 is 0 Å². The van der Waals surface area contributed by atoms with Crippen LogP contribution in [-0.2, 0) is 6.42 Å². The highest BCUT2D eigenvalue weighted by Crippen LogP contribution is 2.38. The first-order chi connectivity index (χ1) is 13.2. The number of hydrogen-bond donors (Lipinski definition) is 1. The number of nitrogens with zero attached hydrogens (tertiary/aromatic N) is 3. The molecule has 0 fully saturated rings. The summed E-state index contributed by atoms with van der Waals surface area (Å²) in [4.78, 5) is 20.5. The van der Waals surface area contributed by atoms with Crippen molar-refractivity contribution in [2.45, 2.75) is 6.42 Å². The Morgan fingerprint density at radius 1 is 1.26 bits per heavy atom. The Balaban J connectivity index is 1.35. The number of halogens is 1. The van der Waals surface area contributed by atoms with Crippen LogP contribution >= 0.6 is 11.6 Å². The van der Waals surface area contributed by atoms with Crippen molar-refractivity contribution in [1.29, 1.82) is 0 Å². The summed E-state index contributed by atoms with van der Waals surface area (Å²) >= 11 is 6.23. The molecule has 0 saturated carbocycles. The van der Waals surface area contributed by atoms with Crippen molar-refractivity contribution in [2.75, 3.05) is 19.8 Å². The van der Waals surface area contributed by atoms with E-state index in [1.54, 1.807) is 41.6 Å². The van der Waals surface area contributed by atoms with Crippen LogP contribution in [0.15, 0.2) is 49.2 Å². The molecule has 1 aliphatic heterocycles. The lowest BCUT2D eigenvalue weighted by molar-refractivity contribution is 0.0954. The van der Waals surface area contributed by atoms with E-state index in [4.69, 9.17) is 21.1 Å². The van der Waals surface area contributed by atoms with Gasteiger partial charge in [0.15, 0.2) is 11.5 Å². The van der Waals surface area contributed by atoms with Gasteiger partial charge in [0.1, 0.15) is 25.4 Å². The van der Waals surface area contributed by atoms with Gasteiger partial charge in [-0.1, -0.05) is 11.6 Å². The zero-order valence-corrected chi connectivity index (χ0v) is 15.1. The van der Waals surface area contributed by atoms with Crippen LogP contribution in [-0.4, -0.2) is 40.2 Å². The third-order valence-corrected chi connectivity index (χ3v) is 4.42. The molecular weight excluding hydrogens is 368 g/mol. The van der Waals surface area contributed by atoms with Crippen molar-refractivity contribution in [3.8, 4) is 17.3 Å². The number of imidazole rings is 1. The van der Waals surface area contributed by atoms with Crippen LogP contribution in [0.5, 0.6) is 11.5 Å². The largest absolute Gasteiger partial charge is 0.486 e.